The van der Waals surface area contributed by atoms with Crippen molar-refractivity contribution in [2.24, 2.45) is 4.99 Å². The van der Waals surface area contributed by atoms with Gasteiger partial charge in [0.25, 0.3) is 0 Å². The van der Waals surface area contributed by atoms with Crippen LogP contribution in [-0.4, -0.2) is 22.7 Å². The average Bonchev–Trinajstić information content (AvgIpc) is 3.04. The fraction of sp³-hybridized carbons (Fsp3) is 0.200. The number of anilines is 2. The van der Waals surface area contributed by atoms with Gasteiger partial charge in [-0.2, -0.15) is 5.10 Å². The lowest BCUT2D eigenvalue weighted by atomic mass is 10.1. The molecule has 0 amide bonds. The molecule has 1 aliphatic heterocycles. The van der Waals surface area contributed by atoms with Crippen LogP contribution in [0.25, 0.3) is 0 Å². The summed E-state index contributed by atoms with van der Waals surface area (Å²) in [4.78, 5) is 6.88. The molecular formula is C20H21N5. The fourth-order valence-electron chi connectivity index (χ4n) is 3.13. The third-order valence-corrected chi connectivity index (χ3v) is 4.45. The van der Waals surface area contributed by atoms with E-state index in [4.69, 9.17) is 4.99 Å². The summed E-state index contributed by atoms with van der Waals surface area (Å²) in [7, 11) is 2.05. The lowest BCUT2D eigenvalue weighted by Gasteiger charge is -2.31. The third-order valence-electron chi connectivity index (χ3n) is 4.45. The third kappa shape index (κ3) is 3.01. The van der Waals surface area contributed by atoms with E-state index in [0.29, 0.717) is 0 Å². The second-order valence-electron chi connectivity index (χ2n) is 6.26. The van der Waals surface area contributed by atoms with Crippen LogP contribution < -0.4 is 10.2 Å². The molecule has 5 heteroatoms. The number of amidine groups is 1. The summed E-state index contributed by atoms with van der Waals surface area (Å²) >= 11 is 0. The van der Waals surface area contributed by atoms with Gasteiger partial charge in [0.05, 0.1) is 6.20 Å². The zero-order valence-electron chi connectivity index (χ0n) is 14.4. The highest BCUT2D eigenvalue weighted by Gasteiger charge is 2.26. The van der Waals surface area contributed by atoms with Crippen LogP contribution in [0.2, 0.25) is 0 Å². The van der Waals surface area contributed by atoms with E-state index in [1.54, 1.807) is 0 Å². The zero-order valence-corrected chi connectivity index (χ0v) is 14.4. The topological polar surface area (TPSA) is 45.5 Å². The minimum atomic E-state index is -0.192. The van der Waals surface area contributed by atoms with E-state index in [1.807, 2.05) is 49.1 Å². The van der Waals surface area contributed by atoms with E-state index in [9.17, 15) is 0 Å². The number of fused-ring (bicyclic) bond motifs is 1. The largest absolute Gasteiger partial charge is 0.334 e. The normalized spacial score (nSPS) is 15.9. The number of aliphatic imine (C=N–C) groups is 1. The highest BCUT2D eigenvalue weighted by Crippen LogP contribution is 2.30. The maximum Gasteiger partial charge on any atom is 0.221 e. The first-order valence-electron chi connectivity index (χ1n) is 8.42. The summed E-state index contributed by atoms with van der Waals surface area (Å²) in [6.45, 7) is 1.99. The Kier molecular flexibility index (Phi) is 3.98. The Morgan fingerprint density at radius 1 is 1.04 bits per heavy atom. The summed E-state index contributed by atoms with van der Waals surface area (Å²) in [6, 6.07) is 20.7. The van der Waals surface area contributed by atoms with Gasteiger partial charge in [-0.05, 0) is 24.6 Å². The van der Waals surface area contributed by atoms with E-state index in [0.717, 1.165) is 23.8 Å². The highest BCUT2D eigenvalue weighted by atomic mass is 15.5. The number of benzene rings is 2. The molecule has 4 rings (SSSR count). The Morgan fingerprint density at radius 2 is 1.72 bits per heavy atom. The van der Waals surface area contributed by atoms with E-state index < -0.39 is 0 Å². The molecule has 1 unspecified atom stereocenters. The van der Waals surface area contributed by atoms with E-state index >= 15 is 0 Å². The van der Waals surface area contributed by atoms with Crippen LogP contribution in [-0.2, 0) is 6.42 Å². The van der Waals surface area contributed by atoms with Crippen molar-refractivity contribution in [3.63, 3.8) is 0 Å². The van der Waals surface area contributed by atoms with Gasteiger partial charge in [0, 0.05) is 24.7 Å². The highest BCUT2D eigenvalue weighted by molar-refractivity contribution is 5.94. The second kappa shape index (κ2) is 6.43. The van der Waals surface area contributed by atoms with Gasteiger partial charge in [-0.1, -0.05) is 48.5 Å². The van der Waals surface area contributed by atoms with Crippen LogP contribution >= 0.6 is 0 Å². The van der Waals surface area contributed by atoms with Crippen LogP contribution in [0.15, 0.2) is 71.9 Å². The van der Waals surface area contributed by atoms with Crippen LogP contribution in [0, 0.1) is 0 Å². The average molecular weight is 331 g/mol. The molecule has 0 saturated carbocycles. The Bertz CT molecular complexity index is 883. The van der Waals surface area contributed by atoms with Crippen molar-refractivity contribution < 1.29 is 0 Å². The maximum absolute atomic E-state index is 4.75. The molecular weight excluding hydrogens is 310 g/mol. The van der Waals surface area contributed by atoms with Gasteiger partial charge < -0.3 is 10.2 Å². The van der Waals surface area contributed by atoms with Crippen LogP contribution in [0.4, 0.5) is 11.5 Å². The van der Waals surface area contributed by atoms with Crippen molar-refractivity contribution in [2.45, 2.75) is 19.6 Å². The number of nitrogens with one attached hydrogen (secondary N) is 1. The van der Waals surface area contributed by atoms with Crippen molar-refractivity contribution >= 4 is 17.3 Å². The molecule has 0 radical (unpaired) electrons. The smallest absolute Gasteiger partial charge is 0.221 e. The number of aromatic nitrogens is 2. The number of para-hydroxylation sites is 1. The van der Waals surface area contributed by atoms with Gasteiger partial charge in [0.15, 0.2) is 0 Å². The van der Waals surface area contributed by atoms with Gasteiger partial charge in [0.1, 0.15) is 11.7 Å². The molecule has 126 valence electrons. The monoisotopic (exact) mass is 331 g/mol. The molecule has 2 aromatic carbocycles. The van der Waals surface area contributed by atoms with Crippen LogP contribution in [0.1, 0.15) is 24.3 Å². The van der Waals surface area contributed by atoms with E-state index in [-0.39, 0.29) is 6.29 Å². The summed E-state index contributed by atoms with van der Waals surface area (Å²) < 4.78 is 1.96. The van der Waals surface area contributed by atoms with Crippen molar-refractivity contribution in [1.29, 1.82) is 0 Å². The molecule has 1 N–H and O–H groups in total. The Morgan fingerprint density at radius 3 is 2.44 bits per heavy atom. The van der Waals surface area contributed by atoms with Crippen LogP contribution in [0.3, 0.4) is 0 Å². The van der Waals surface area contributed by atoms with Gasteiger partial charge in [-0.3, -0.25) is 0 Å². The van der Waals surface area contributed by atoms with Gasteiger partial charge in [-0.15, -0.1) is 0 Å². The van der Waals surface area contributed by atoms with E-state index in [2.05, 4.69) is 51.7 Å². The minimum Gasteiger partial charge on any atom is -0.334 e. The summed E-state index contributed by atoms with van der Waals surface area (Å²) in [5.74, 6) is 1.92. The van der Waals surface area contributed by atoms with Crippen molar-refractivity contribution in [1.82, 2.24) is 9.78 Å². The molecule has 0 bridgehead atoms. The Balaban J connectivity index is 1.67. The Hall–Kier alpha value is -3.08. The fourth-order valence-corrected chi connectivity index (χ4v) is 3.13. The molecule has 0 saturated heterocycles. The first kappa shape index (κ1) is 15.4. The molecule has 0 aliphatic carbocycles. The van der Waals surface area contributed by atoms with Crippen LogP contribution in [0.5, 0.6) is 0 Å². The molecule has 3 aromatic rings. The molecule has 1 atom stereocenters. The summed E-state index contributed by atoms with van der Waals surface area (Å²) in [6.07, 6.45) is 2.59. The van der Waals surface area contributed by atoms with Crippen molar-refractivity contribution in [2.75, 3.05) is 17.3 Å². The lowest BCUT2D eigenvalue weighted by Crippen LogP contribution is -2.34. The lowest BCUT2D eigenvalue weighted by molar-refractivity contribution is 0.464. The molecule has 2 heterocycles. The zero-order chi connectivity index (χ0) is 17.2. The predicted octanol–water partition coefficient (Wildman–Crippen LogP) is 3.91. The number of hydrogen-bond donors (Lipinski definition) is 1. The second-order valence-corrected chi connectivity index (χ2v) is 6.26. The molecule has 25 heavy (non-hydrogen) atoms. The van der Waals surface area contributed by atoms with E-state index in [1.165, 1.54) is 11.1 Å². The van der Waals surface area contributed by atoms with Crippen molar-refractivity contribution in [3.8, 4) is 0 Å². The Labute approximate surface area is 147 Å². The number of nitrogens with zero attached hydrogens (tertiary/aromatic N) is 4. The minimum absolute atomic E-state index is 0.192. The maximum atomic E-state index is 4.75. The predicted molar refractivity (Wildman–Crippen MR) is 102 cm³/mol. The quantitative estimate of drug-likeness (QED) is 0.788. The molecule has 0 spiro atoms. The first-order valence-corrected chi connectivity index (χ1v) is 8.42. The standard InChI is InChI=1S/C20H21N5/c1-15-22-19-17(13-16-9-5-3-6-10-16)14-21-25(19)20(23-15)24(2)18-11-7-4-8-12-18/h3-12,14,20H,13H2,1-2H3,(H,22,23). The first-order chi connectivity index (χ1) is 12.2. The summed E-state index contributed by atoms with van der Waals surface area (Å²) in [5.41, 5.74) is 3.55. The molecule has 1 aromatic heterocycles. The molecule has 0 fully saturated rings. The van der Waals surface area contributed by atoms with Crippen molar-refractivity contribution in [3.05, 3.63) is 78.0 Å². The SMILES string of the molecule is CC1=NC(N(C)c2ccccc2)n2ncc(Cc3ccccc3)c2N1. The van der Waals surface area contributed by atoms with Gasteiger partial charge >= 0.3 is 0 Å². The van der Waals surface area contributed by atoms with Gasteiger partial charge in [0.2, 0.25) is 6.29 Å². The number of rotatable bonds is 4. The summed E-state index contributed by atoms with van der Waals surface area (Å²) in [5, 5.41) is 8.01. The molecule has 5 nitrogen and oxygen atoms in total. The molecule has 1 aliphatic rings. The number of hydrogen-bond acceptors (Lipinski definition) is 4. The van der Waals surface area contributed by atoms with Gasteiger partial charge in [-0.25, -0.2) is 9.67 Å².